The summed E-state index contributed by atoms with van der Waals surface area (Å²) >= 11 is 0. The highest BCUT2D eigenvalue weighted by Crippen LogP contribution is 2.26. The Bertz CT molecular complexity index is 969. The van der Waals surface area contributed by atoms with Gasteiger partial charge in [0.15, 0.2) is 5.82 Å². The number of nitrogens with zero attached hydrogens (tertiary/aromatic N) is 5. The van der Waals surface area contributed by atoms with Gasteiger partial charge in [0.1, 0.15) is 17.4 Å². The number of esters is 1. The van der Waals surface area contributed by atoms with Crippen LogP contribution in [0.4, 0.5) is 11.5 Å². The summed E-state index contributed by atoms with van der Waals surface area (Å²) in [5, 5.41) is 17.5. The molecular formula is C17H13N5O2. The number of hydrogen-bond donors (Lipinski definition) is 0. The van der Waals surface area contributed by atoms with Crippen LogP contribution in [0.25, 0.3) is 5.65 Å². The molecule has 7 nitrogen and oxygen atoms in total. The number of nitriles is 1. The van der Waals surface area contributed by atoms with Gasteiger partial charge >= 0.3 is 5.97 Å². The Morgan fingerprint density at radius 1 is 1.25 bits per heavy atom. The summed E-state index contributed by atoms with van der Waals surface area (Å²) in [6.45, 7) is 0. The normalized spacial score (nSPS) is 10.8. The summed E-state index contributed by atoms with van der Waals surface area (Å²) in [6, 6.07) is 14.5. The Balaban J connectivity index is 2.07. The first kappa shape index (κ1) is 15.4. The van der Waals surface area contributed by atoms with Crippen molar-refractivity contribution in [3.8, 4) is 6.07 Å². The fourth-order valence-electron chi connectivity index (χ4n) is 2.22. The third-order valence-electron chi connectivity index (χ3n) is 3.39. The molecule has 0 unspecified atom stereocenters. The van der Waals surface area contributed by atoms with Crippen LogP contribution in [0.2, 0.25) is 0 Å². The van der Waals surface area contributed by atoms with E-state index < -0.39 is 5.97 Å². The van der Waals surface area contributed by atoms with Crippen LogP contribution in [-0.2, 0) is 16.0 Å². The number of rotatable bonds is 4. The smallest absolute Gasteiger partial charge is 0.311 e. The van der Waals surface area contributed by atoms with Crippen LogP contribution in [0.5, 0.6) is 0 Å². The maximum Gasteiger partial charge on any atom is 0.311 e. The van der Waals surface area contributed by atoms with E-state index in [0.29, 0.717) is 28.4 Å². The first-order valence-electron chi connectivity index (χ1n) is 7.16. The molecule has 0 radical (unpaired) electrons. The first-order valence-corrected chi connectivity index (χ1v) is 7.16. The molecule has 0 aliphatic heterocycles. The van der Waals surface area contributed by atoms with Gasteiger partial charge in [0.2, 0.25) is 0 Å². The van der Waals surface area contributed by atoms with Crippen molar-refractivity contribution in [3.05, 3.63) is 59.9 Å². The predicted octanol–water partition coefficient (Wildman–Crippen LogP) is 3.34. The molecule has 0 aliphatic carbocycles. The molecule has 7 heteroatoms. The summed E-state index contributed by atoms with van der Waals surface area (Å²) in [5.74, 6) is 0.0241. The third kappa shape index (κ3) is 2.98. The second-order valence-electron chi connectivity index (χ2n) is 4.89. The SMILES string of the molecule is COC(=O)Cc1nc2ccccn2c1N=Nc1ccccc1C#N. The molecule has 0 bridgehead atoms. The van der Waals surface area contributed by atoms with Gasteiger partial charge in [0.25, 0.3) is 0 Å². The molecule has 3 rings (SSSR count). The van der Waals surface area contributed by atoms with E-state index in [4.69, 9.17) is 10.00 Å². The van der Waals surface area contributed by atoms with E-state index in [0.717, 1.165) is 0 Å². The van der Waals surface area contributed by atoms with E-state index in [9.17, 15) is 4.79 Å². The molecule has 0 saturated carbocycles. The average molecular weight is 319 g/mol. The summed E-state index contributed by atoms with van der Waals surface area (Å²) in [7, 11) is 1.32. The molecule has 0 atom stereocenters. The van der Waals surface area contributed by atoms with Crippen LogP contribution in [0, 0.1) is 11.3 Å². The standard InChI is InChI=1S/C17H13N5O2/c1-24-16(23)10-14-17(22-9-5-4-8-15(22)19-14)21-20-13-7-3-2-6-12(13)11-18/h2-9H,10H2,1H3. The molecule has 2 heterocycles. The molecule has 24 heavy (non-hydrogen) atoms. The molecule has 0 amide bonds. The number of imidazole rings is 1. The van der Waals surface area contributed by atoms with Crippen molar-refractivity contribution in [1.29, 1.82) is 5.26 Å². The van der Waals surface area contributed by atoms with Crippen LogP contribution in [0.15, 0.2) is 58.9 Å². The topological polar surface area (TPSA) is 92.1 Å². The number of fused-ring (bicyclic) bond motifs is 1. The highest BCUT2D eigenvalue weighted by Gasteiger charge is 2.15. The van der Waals surface area contributed by atoms with Gasteiger partial charge in [-0.25, -0.2) is 4.98 Å². The minimum Gasteiger partial charge on any atom is -0.469 e. The van der Waals surface area contributed by atoms with E-state index >= 15 is 0 Å². The van der Waals surface area contributed by atoms with Gasteiger partial charge in [-0.2, -0.15) is 5.26 Å². The molecule has 0 spiro atoms. The summed E-state index contributed by atoms with van der Waals surface area (Å²) in [5.41, 5.74) is 1.99. The lowest BCUT2D eigenvalue weighted by Gasteiger charge is -1.99. The number of pyridine rings is 1. The number of benzene rings is 1. The van der Waals surface area contributed by atoms with Crippen molar-refractivity contribution < 1.29 is 9.53 Å². The predicted molar refractivity (Wildman–Crippen MR) is 86.2 cm³/mol. The molecule has 118 valence electrons. The number of hydrogen-bond acceptors (Lipinski definition) is 6. The zero-order chi connectivity index (χ0) is 16.9. The minimum atomic E-state index is -0.410. The number of azo groups is 1. The third-order valence-corrected chi connectivity index (χ3v) is 3.39. The van der Waals surface area contributed by atoms with Gasteiger partial charge in [-0.05, 0) is 24.3 Å². The zero-order valence-electron chi connectivity index (χ0n) is 12.9. The molecule has 2 aromatic heterocycles. The first-order chi connectivity index (χ1) is 11.7. The maximum atomic E-state index is 11.6. The van der Waals surface area contributed by atoms with Crippen LogP contribution >= 0.6 is 0 Å². The number of aromatic nitrogens is 2. The van der Waals surface area contributed by atoms with Crippen LogP contribution < -0.4 is 0 Å². The molecule has 0 fully saturated rings. The van der Waals surface area contributed by atoms with Crippen LogP contribution in [-0.4, -0.2) is 22.5 Å². The quantitative estimate of drug-likeness (QED) is 0.544. The number of methoxy groups -OCH3 is 1. The van der Waals surface area contributed by atoms with E-state index in [1.54, 1.807) is 34.9 Å². The monoisotopic (exact) mass is 319 g/mol. The number of carbonyl (C=O) groups excluding carboxylic acids is 1. The summed E-state index contributed by atoms with van der Waals surface area (Å²) < 4.78 is 6.43. The van der Waals surface area contributed by atoms with Crippen molar-refractivity contribution in [2.24, 2.45) is 10.2 Å². The lowest BCUT2D eigenvalue weighted by molar-refractivity contribution is -0.139. The molecule has 0 N–H and O–H groups in total. The van der Waals surface area contributed by atoms with E-state index in [1.165, 1.54) is 7.11 Å². The van der Waals surface area contributed by atoms with Crippen molar-refractivity contribution in [2.75, 3.05) is 7.11 Å². The van der Waals surface area contributed by atoms with E-state index in [2.05, 4.69) is 21.3 Å². The zero-order valence-corrected chi connectivity index (χ0v) is 12.9. The Hall–Kier alpha value is -3.53. The largest absolute Gasteiger partial charge is 0.469 e. The summed E-state index contributed by atoms with van der Waals surface area (Å²) in [4.78, 5) is 16.0. The maximum absolute atomic E-state index is 11.6. The molecule has 0 aliphatic rings. The average Bonchev–Trinajstić information content (AvgIpc) is 2.97. The Labute approximate surface area is 137 Å². The second kappa shape index (κ2) is 6.71. The van der Waals surface area contributed by atoms with Crippen LogP contribution in [0.1, 0.15) is 11.3 Å². The van der Waals surface area contributed by atoms with Gasteiger partial charge in [0, 0.05) is 6.20 Å². The number of ether oxygens (including phenoxy) is 1. The highest BCUT2D eigenvalue weighted by atomic mass is 16.5. The van der Waals surface area contributed by atoms with Crippen molar-refractivity contribution >= 4 is 23.1 Å². The van der Waals surface area contributed by atoms with Gasteiger partial charge in [-0.1, -0.05) is 18.2 Å². The second-order valence-corrected chi connectivity index (χ2v) is 4.89. The van der Waals surface area contributed by atoms with E-state index in [1.807, 2.05) is 18.2 Å². The Morgan fingerprint density at radius 2 is 2.04 bits per heavy atom. The minimum absolute atomic E-state index is 0.00751. The molecular weight excluding hydrogens is 306 g/mol. The van der Waals surface area contributed by atoms with Gasteiger partial charge in [-0.15, -0.1) is 10.2 Å². The van der Waals surface area contributed by atoms with Crippen molar-refractivity contribution in [2.45, 2.75) is 6.42 Å². The van der Waals surface area contributed by atoms with E-state index in [-0.39, 0.29) is 6.42 Å². The number of carbonyl (C=O) groups is 1. The van der Waals surface area contributed by atoms with Gasteiger partial charge in [0.05, 0.1) is 24.8 Å². The van der Waals surface area contributed by atoms with Gasteiger partial charge in [-0.3, -0.25) is 9.20 Å². The Morgan fingerprint density at radius 3 is 2.83 bits per heavy atom. The van der Waals surface area contributed by atoms with Crippen molar-refractivity contribution in [1.82, 2.24) is 9.38 Å². The fraction of sp³-hybridized carbons (Fsp3) is 0.118. The molecule has 0 saturated heterocycles. The Kier molecular flexibility index (Phi) is 4.29. The lowest BCUT2D eigenvalue weighted by atomic mass is 10.2. The summed E-state index contributed by atoms with van der Waals surface area (Å²) in [6.07, 6.45) is 1.78. The highest BCUT2D eigenvalue weighted by molar-refractivity contribution is 5.74. The molecule has 1 aromatic carbocycles. The van der Waals surface area contributed by atoms with Crippen LogP contribution in [0.3, 0.4) is 0 Å². The fourth-order valence-corrected chi connectivity index (χ4v) is 2.22. The molecule has 3 aromatic rings. The lowest BCUT2D eigenvalue weighted by Crippen LogP contribution is -2.04. The van der Waals surface area contributed by atoms with Gasteiger partial charge < -0.3 is 4.74 Å². The van der Waals surface area contributed by atoms with Crippen molar-refractivity contribution in [3.63, 3.8) is 0 Å².